The van der Waals surface area contributed by atoms with E-state index < -0.39 is 6.04 Å². The monoisotopic (exact) mass is 264 g/mol. The SMILES string of the molecule is CC(NC1CCC(=O)N(C)C1=O)c1ccccc1F. The predicted molar refractivity (Wildman–Crippen MR) is 68.7 cm³/mol. The topological polar surface area (TPSA) is 49.4 Å². The molecule has 1 aromatic carbocycles. The van der Waals surface area contributed by atoms with E-state index in [0.29, 0.717) is 18.4 Å². The van der Waals surface area contributed by atoms with Crippen molar-refractivity contribution in [2.75, 3.05) is 7.05 Å². The zero-order valence-electron chi connectivity index (χ0n) is 11.0. The molecule has 2 rings (SSSR count). The lowest BCUT2D eigenvalue weighted by Gasteiger charge is -2.30. The molecule has 0 radical (unpaired) electrons. The highest BCUT2D eigenvalue weighted by atomic mass is 19.1. The standard InChI is InChI=1S/C14H17FN2O2/c1-9(10-5-3-4-6-11(10)15)16-12-7-8-13(18)17(2)14(12)19/h3-6,9,12,16H,7-8H2,1-2H3. The van der Waals surface area contributed by atoms with Crippen LogP contribution in [-0.2, 0) is 9.59 Å². The minimum atomic E-state index is -0.433. The largest absolute Gasteiger partial charge is 0.299 e. The summed E-state index contributed by atoms with van der Waals surface area (Å²) in [5.74, 6) is -0.712. The molecule has 102 valence electrons. The van der Waals surface area contributed by atoms with Crippen molar-refractivity contribution in [2.24, 2.45) is 0 Å². The molecule has 1 saturated heterocycles. The zero-order chi connectivity index (χ0) is 14.0. The fourth-order valence-corrected chi connectivity index (χ4v) is 2.29. The lowest BCUT2D eigenvalue weighted by Crippen LogP contribution is -2.51. The molecule has 0 bridgehead atoms. The predicted octanol–water partition coefficient (Wildman–Crippen LogP) is 1.62. The Morgan fingerprint density at radius 3 is 2.74 bits per heavy atom. The highest BCUT2D eigenvalue weighted by Crippen LogP contribution is 2.19. The third kappa shape index (κ3) is 2.81. The van der Waals surface area contributed by atoms with Crippen LogP contribution in [0.5, 0.6) is 0 Å². The number of amides is 2. The second-order valence-electron chi connectivity index (χ2n) is 4.79. The number of piperidine rings is 1. The van der Waals surface area contributed by atoms with Crippen LogP contribution in [0.3, 0.4) is 0 Å². The van der Waals surface area contributed by atoms with Crippen molar-refractivity contribution in [3.63, 3.8) is 0 Å². The van der Waals surface area contributed by atoms with Crippen molar-refractivity contribution in [1.29, 1.82) is 0 Å². The number of imide groups is 1. The van der Waals surface area contributed by atoms with Gasteiger partial charge in [-0.25, -0.2) is 4.39 Å². The maximum atomic E-state index is 13.6. The van der Waals surface area contributed by atoms with Gasteiger partial charge >= 0.3 is 0 Å². The van der Waals surface area contributed by atoms with Crippen LogP contribution in [0, 0.1) is 5.82 Å². The third-order valence-electron chi connectivity index (χ3n) is 3.47. The van der Waals surface area contributed by atoms with Gasteiger partial charge in [0, 0.05) is 25.1 Å². The average Bonchev–Trinajstić information content (AvgIpc) is 2.40. The van der Waals surface area contributed by atoms with E-state index in [-0.39, 0.29) is 23.7 Å². The van der Waals surface area contributed by atoms with Crippen LogP contribution in [0.15, 0.2) is 24.3 Å². The summed E-state index contributed by atoms with van der Waals surface area (Å²) in [7, 11) is 1.48. The van der Waals surface area contributed by atoms with Crippen molar-refractivity contribution in [3.05, 3.63) is 35.6 Å². The first kappa shape index (κ1) is 13.7. The summed E-state index contributed by atoms with van der Waals surface area (Å²) in [5, 5.41) is 3.09. The smallest absolute Gasteiger partial charge is 0.246 e. The second-order valence-corrected chi connectivity index (χ2v) is 4.79. The van der Waals surface area contributed by atoms with Gasteiger partial charge in [0.1, 0.15) is 5.82 Å². The molecule has 4 nitrogen and oxygen atoms in total. The Labute approximate surface area is 111 Å². The summed E-state index contributed by atoms with van der Waals surface area (Å²) in [5.41, 5.74) is 0.523. The van der Waals surface area contributed by atoms with Crippen LogP contribution in [0.4, 0.5) is 4.39 Å². The molecule has 2 atom stereocenters. The van der Waals surface area contributed by atoms with E-state index >= 15 is 0 Å². The molecule has 1 aliphatic heterocycles. The average molecular weight is 264 g/mol. The molecule has 0 saturated carbocycles. The molecule has 5 heteroatoms. The molecular formula is C14H17FN2O2. The van der Waals surface area contributed by atoms with Crippen molar-refractivity contribution < 1.29 is 14.0 Å². The third-order valence-corrected chi connectivity index (χ3v) is 3.47. The lowest BCUT2D eigenvalue weighted by molar-refractivity contribution is -0.148. The van der Waals surface area contributed by atoms with Crippen LogP contribution < -0.4 is 5.32 Å². The number of rotatable bonds is 3. The molecule has 1 aliphatic rings. The molecule has 1 fully saturated rings. The minimum absolute atomic E-state index is 0.165. The van der Waals surface area contributed by atoms with Crippen molar-refractivity contribution in [3.8, 4) is 0 Å². The number of benzene rings is 1. The summed E-state index contributed by atoms with van der Waals surface area (Å²) in [6, 6.07) is 5.76. The number of likely N-dealkylation sites (N-methyl/N-ethyl adjacent to an activating group) is 1. The molecule has 1 aromatic rings. The number of likely N-dealkylation sites (tertiary alicyclic amines) is 1. The van der Waals surface area contributed by atoms with E-state index in [0.717, 1.165) is 4.90 Å². The Kier molecular flexibility index (Phi) is 3.95. The summed E-state index contributed by atoms with van der Waals surface area (Å²) in [6.45, 7) is 1.81. The maximum Gasteiger partial charge on any atom is 0.246 e. The van der Waals surface area contributed by atoms with Gasteiger partial charge in [0.15, 0.2) is 0 Å². The number of carbonyl (C=O) groups excluding carboxylic acids is 2. The van der Waals surface area contributed by atoms with E-state index in [1.165, 1.54) is 13.1 Å². The molecule has 1 heterocycles. The molecule has 0 aliphatic carbocycles. The lowest BCUT2D eigenvalue weighted by atomic mass is 10.0. The molecule has 0 aromatic heterocycles. The number of nitrogens with zero attached hydrogens (tertiary/aromatic N) is 1. The number of nitrogens with one attached hydrogen (secondary N) is 1. The number of halogens is 1. The number of hydrogen-bond donors (Lipinski definition) is 1. The Morgan fingerprint density at radius 1 is 1.37 bits per heavy atom. The van der Waals surface area contributed by atoms with Crippen molar-refractivity contribution in [2.45, 2.75) is 31.8 Å². The van der Waals surface area contributed by atoms with E-state index in [1.807, 2.05) is 6.92 Å². The van der Waals surface area contributed by atoms with Crippen LogP contribution in [0.1, 0.15) is 31.4 Å². The van der Waals surface area contributed by atoms with E-state index in [1.54, 1.807) is 18.2 Å². The fraction of sp³-hybridized carbons (Fsp3) is 0.429. The highest BCUT2D eigenvalue weighted by Gasteiger charge is 2.32. The molecule has 19 heavy (non-hydrogen) atoms. The number of hydrogen-bond acceptors (Lipinski definition) is 3. The first-order valence-corrected chi connectivity index (χ1v) is 6.31. The fourth-order valence-electron chi connectivity index (χ4n) is 2.29. The first-order valence-electron chi connectivity index (χ1n) is 6.31. The second kappa shape index (κ2) is 5.48. The molecule has 1 N–H and O–H groups in total. The van der Waals surface area contributed by atoms with Crippen molar-refractivity contribution >= 4 is 11.8 Å². The molecule has 0 spiro atoms. The van der Waals surface area contributed by atoms with Crippen molar-refractivity contribution in [1.82, 2.24) is 10.2 Å². The van der Waals surface area contributed by atoms with Gasteiger partial charge in [-0.1, -0.05) is 18.2 Å². The van der Waals surface area contributed by atoms with Gasteiger partial charge in [0.25, 0.3) is 0 Å². The Morgan fingerprint density at radius 2 is 2.05 bits per heavy atom. The Hall–Kier alpha value is -1.75. The zero-order valence-corrected chi connectivity index (χ0v) is 11.0. The first-order chi connectivity index (χ1) is 9.00. The van der Waals surface area contributed by atoms with Gasteiger partial charge in [0.2, 0.25) is 11.8 Å². The van der Waals surface area contributed by atoms with Crippen LogP contribution in [0.25, 0.3) is 0 Å². The highest BCUT2D eigenvalue weighted by molar-refractivity contribution is 6.00. The van der Waals surface area contributed by atoms with E-state index in [4.69, 9.17) is 0 Å². The quantitative estimate of drug-likeness (QED) is 0.844. The van der Waals surface area contributed by atoms with Gasteiger partial charge in [0.05, 0.1) is 6.04 Å². The normalized spacial score (nSPS) is 21.6. The Balaban J connectivity index is 2.07. The molecule has 2 unspecified atom stereocenters. The van der Waals surface area contributed by atoms with Crippen LogP contribution in [-0.4, -0.2) is 29.8 Å². The van der Waals surface area contributed by atoms with Crippen LogP contribution >= 0.6 is 0 Å². The van der Waals surface area contributed by atoms with E-state index in [9.17, 15) is 14.0 Å². The van der Waals surface area contributed by atoms with E-state index in [2.05, 4.69) is 5.32 Å². The Bertz CT molecular complexity index is 504. The van der Waals surface area contributed by atoms with Gasteiger partial charge in [-0.05, 0) is 19.4 Å². The molecular weight excluding hydrogens is 247 g/mol. The summed E-state index contributed by atoms with van der Waals surface area (Å²) in [6.07, 6.45) is 0.796. The van der Waals surface area contributed by atoms with Gasteiger partial charge in [-0.15, -0.1) is 0 Å². The number of carbonyl (C=O) groups is 2. The summed E-state index contributed by atoms with van der Waals surface area (Å²) >= 11 is 0. The minimum Gasteiger partial charge on any atom is -0.299 e. The van der Waals surface area contributed by atoms with Gasteiger partial charge in [-0.3, -0.25) is 19.8 Å². The summed E-state index contributed by atoms with van der Waals surface area (Å²) < 4.78 is 13.6. The van der Waals surface area contributed by atoms with Gasteiger partial charge < -0.3 is 0 Å². The van der Waals surface area contributed by atoms with Gasteiger partial charge in [-0.2, -0.15) is 0 Å². The maximum absolute atomic E-state index is 13.6. The van der Waals surface area contributed by atoms with Crippen LogP contribution in [0.2, 0.25) is 0 Å². The summed E-state index contributed by atoms with van der Waals surface area (Å²) in [4.78, 5) is 24.4. The molecule has 2 amide bonds.